The van der Waals surface area contributed by atoms with E-state index < -0.39 is 0 Å². The van der Waals surface area contributed by atoms with Gasteiger partial charge in [0.2, 0.25) is 0 Å². The van der Waals surface area contributed by atoms with Gasteiger partial charge in [0.15, 0.2) is 0 Å². The molecule has 0 heterocycles. The Morgan fingerprint density at radius 1 is 1.19 bits per heavy atom. The molecule has 86 valence electrons. The molecule has 1 aromatic rings. The lowest BCUT2D eigenvalue weighted by molar-refractivity contribution is 0.480. The molecule has 2 aliphatic rings. The van der Waals surface area contributed by atoms with Gasteiger partial charge in [-0.15, -0.1) is 0 Å². The van der Waals surface area contributed by atoms with Gasteiger partial charge in [-0.2, -0.15) is 0 Å². The minimum absolute atomic E-state index is 0.0985. The number of hydrogen-bond donors (Lipinski definition) is 1. The van der Waals surface area contributed by atoms with Crippen molar-refractivity contribution in [3.63, 3.8) is 0 Å². The molecule has 0 aliphatic heterocycles. The lowest BCUT2D eigenvalue weighted by Crippen LogP contribution is -2.30. The van der Waals surface area contributed by atoms with Gasteiger partial charge in [0.1, 0.15) is 5.82 Å². The summed E-state index contributed by atoms with van der Waals surface area (Å²) in [6, 6.07) is 7.04. The molecule has 2 unspecified atom stereocenters. The van der Waals surface area contributed by atoms with Gasteiger partial charge in [-0.3, -0.25) is 0 Å². The Hall–Kier alpha value is -0.890. The lowest BCUT2D eigenvalue weighted by Gasteiger charge is -2.12. The fraction of sp³-hybridized carbons (Fsp3) is 0.571. The van der Waals surface area contributed by atoms with E-state index in [1.54, 1.807) is 6.07 Å². The van der Waals surface area contributed by atoms with Crippen LogP contribution in [0, 0.1) is 17.7 Å². The fourth-order valence-corrected chi connectivity index (χ4v) is 3.53. The molecule has 0 saturated heterocycles. The monoisotopic (exact) mass is 219 g/mol. The summed E-state index contributed by atoms with van der Waals surface area (Å²) in [5, 5.41) is 0. The van der Waals surface area contributed by atoms with E-state index >= 15 is 0 Å². The van der Waals surface area contributed by atoms with E-state index in [0.717, 1.165) is 12.0 Å². The first-order valence-electron chi connectivity index (χ1n) is 6.24. The average Bonchev–Trinajstić information content (AvgIpc) is 2.89. The van der Waals surface area contributed by atoms with Crippen molar-refractivity contribution in [2.24, 2.45) is 17.6 Å². The zero-order valence-electron chi connectivity index (χ0n) is 9.45. The normalized spacial score (nSPS) is 36.9. The van der Waals surface area contributed by atoms with E-state index in [1.807, 2.05) is 12.1 Å². The second-order valence-electron chi connectivity index (χ2n) is 5.38. The van der Waals surface area contributed by atoms with Crippen LogP contribution in [0.15, 0.2) is 24.3 Å². The number of fused-ring (bicyclic) bond motifs is 1. The van der Waals surface area contributed by atoms with Crippen LogP contribution in [0.2, 0.25) is 0 Å². The van der Waals surface area contributed by atoms with Gasteiger partial charge in [0.25, 0.3) is 0 Å². The summed E-state index contributed by atoms with van der Waals surface area (Å²) in [6.07, 6.45) is 5.81. The minimum Gasteiger partial charge on any atom is -0.324 e. The maximum atomic E-state index is 13.6. The second-order valence-corrected chi connectivity index (χ2v) is 5.38. The molecule has 0 bridgehead atoms. The van der Waals surface area contributed by atoms with Crippen molar-refractivity contribution in [1.82, 2.24) is 0 Å². The van der Waals surface area contributed by atoms with Crippen molar-refractivity contribution in [2.75, 3.05) is 0 Å². The van der Waals surface area contributed by atoms with Gasteiger partial charge in [-0.25, -0.2) is 4.39 Å². The predicted molar refractivity (Wildman–Crippen MR) is 62.5 cm³/mol. The predicted octanol–water partition coefficient (Wildman–Crippen LogP) is 2.89. The number of halogens is 1. The number of benzene rings is 1. The number of hydrogen-bond acceptors (Lipinski definition) is 1. The molecular weight excluding hydrogens is 201 g/mol. The number of rotatable bonds is 2. The summed E-state index contributed by atoms with van der Waals surface area (Å²) in [4.78, 5) is 0. The van der Waals surface area contributed by atoms with Crippen LogP contribution in [0.3, 0.4) is 0 Å². The largest absolute Gasteiger partial charge is 0.324 e. The summed E-state index contributed by atoms with van der Waals surface area (Å²) in [5.74, 6) is 1.21. The molecule has 0 aromatic heterocycles. The Morgan fingerprint density at radius 2 is 1.81 bits per heavy atom. The first-order valence-corrected chi connectivity index (χ1v) is 6.24. The molecule has 1 nitrogen and oxygen atoms in total. The van der Waals surface area contributed by atoms with Crippen LogP contribution in [-0.2, 0) is 6.42 Å². The summed E-state index contributed by atoms with van der Waals surface area (Å²) in [6.45, 7) is 0. The van der Waals surface area contributed by atoms with Crippen LogP contribution in [0.25, 0.3) is 0 Å². The first-order chi connectivity index (χ1) is 7.72. The molecular formula is C14H18FN. The highest BCUT2D eigenvalue weighted by Gasteiger charge is 2.61. The highest BCUT2D eigenvalue weighted by atomic mass is 19.1. The molecule has 2 aliphatic carbocycles. The van der Waals surface area contributed by atoms with Gasteiger partial charge in [-0.1, -0.05) is 31.0 Å². The van der Waals surface area contributed by atoms with Crippen LogP contribution in [-0.4, -0.2) is 5.54 Å². The quantitative estimate of drug-likeness (QED) is 0.813. The molecule has 1 aromatic carbocycles. The zero-order chi connectivity index (χ0) is 11.2. The van der Waals surface area contributed by atoms with Crippen molar-refractivity contribution in [2.45, 2.75) is 37.6 Å². The van der Waals surface area contributed by atoms with Crippen molar-refractivity contribution in [1.29, 1.82) is 0 Å². The summed E-state index contributed by atoms with van der Waals surface area (Å²) in [5.41, 5.74) is 7.12. The smallest absolute Gasteiger partial charge is 0.126 e. The van der Waals surface area contributed by atoms with Crippen molar-refractivity contribution in [3.05, 3.63) is 35.6 Å². The minimum atomic E-state index is -0.101. The van der Waals surface area contributed by atoms with Gasteiger partial charge in [0, 0.05) is 5.54 Å². The maximum absolute atomic E-state index is 13.6. The van der Waals surface area contributed by atoms with E-state index in [2.05, 4.69) is 0 Å². The Morgan fingerprint density at radius 3 is 2.44 bits per heavy atom. The maximum Gasteiger partial charge on any atom is 0.126 e. The Bertz CT molecular complexity index is 389. The van der Waals surface area contributed by atoms with Gasteiger partial charge < -0.3 is 5.73 Å². The Balaban J connectivity index is 1.78. The van der Waals surface area contributed by atoms with Gasteiger partial charge in [0.05, 0.1) is 0 Å². The summed E-state index contributed by atoms with van der Waals surface area (Å²) in [7, 11) is 0. The van der Waals surface area contributed by atoms with Crippen molar-refractivity contribution < 1.29 is 4.39 Å². The first kappa shape index (κ1) is 10.3. The third kappa shape index (κ3) is 1.47. The summed E-state index contributed by atoms with van der Waals surface area (Å²) >= 11 is 0. The van der Waals surface area contributed by atoms with Crippen molar-refractivity contribution >= 4 is 0 Å². The molecule has 0 radical (unpaired) electrons. The third-order valence-corrected chi connectivity index (χ3v) is 4.49. The average molecular weight is 219 g/mol. The molecule has 0 spiro atoms. The highest BCUT2D eigenvalue weighted by Crippen LogP contribution is 2.58. The molecule has 2 fully saturated rings. The van der Waals surface area contributed by atoms with Crippen LogP contribution >= 0.6 is 0 Å². The van der Waals surface area contributed by atoms with E-state index in [1.165, 1.54) is 31.7 Å². The van der Waals surface area contributed by atoms with Crippen LogP contribution in [0.5, 0.6) is 0 Å². The molecule has 2 heteroatoms. The molecule has 0 amide bonds. The van der Waals surface area contributed by atoms with Crippen molar-refractivity contribution in [3.8, 4) is 0 Å². The SMILES string of the molecule is NC1(Cc2ccccc2F)C2CCCCC21. The number of nitrogens with two attached hydrogens (primary N) is 1. The highest BCUT2D eigenvalue weighted by molar-refractivity contribution is 5.27. The molecule has 2 N–H and O–H groups in total. The van der Waals surface area contributed by atoms with Crippen LogP contribution in [0.1, 0.15) is 31.2 Å². The van der Waals surface area contributed by atoms with Crippen LogP contribution in [0.4, 0.5) is 4.39 Å². The van der Waals surface area contributed by atoms with E-state index in [4.69, 9.17) is 5.73 Å². The second kappa shape index (κ2) is 3.56. The molecule has 2 atom stereocenters. The topological polar surface area (TPSA) is 26.0 Å². The van der Waals surface area contributed by atoms with Crippen LogP contribution < -0.4 is 5.73 Å². The fourth-order valence-electron chi connectivity index (χ4n) is 3.53. The molecule has 2 saturated carbocycles. The Labute approximate surface area is 95.8 Å². The molecule has 3 rings (SSSR count). The van der Waals surface area contributed by atoms with E-state index in [-0.39, 0.29) is 11.4 Å². The Kier molecular flexibility index (Phi) is 2.28. The summed E-state index contributed by atoms with van der Waals surface area (Å²) < 4.78 is 13.6. The zero-order valence-corrected chi connectivity index (χ0v) is 9.45. The lowest BCUT2D eigenvalue weighted by atomic mass is 10.0. The van der Waals surface area contributed by atoms with E-state index in [9.17, 15) is 4.39 Å². The molecule has 16 heavy (non-hydrogen) atoms. The van der Waals surface area contributed by atoms with Gasteiger partial charge >= 0.3 is 0 Å². The van der Waals surface area contributed by atoms with E-state index in [0.29, 0.717) is 11.8 Å². The van der Waals surface area contributed by atoms with Gasteiger partial charge in [-0.05, 0) is 42.7 Å². The standard InChI is InChI=1S/C14H18FN/c15-13-8-4-1-5-10(13)9-14(16)11-6-2-3-7-12(11)14/h1,4-5,8,11-12H,2-3,6-7,9,16H2. The third-order valence-electron chi connectivity index (χ3n) is 4.49.